The standard InChI is InChI=1S/C17H14N2/c1-12-7-8-15(13(2)19-3)10-17(12)16-6-4-5-14(9-16)11-18/h4-10H,2-3H2,1H3. The average molecular weight is 246 g/mol. The zero-order valence-electron chi connectivity index (χ0n) is 10.9. The van der Waals surface area contributed by atoms with E-state index >= 15 is 0 Å². The Morgan fingerprint density at radius 3 is 2.68 bits per heavy atom. The van der Waals surface area contributed by atoms with Crippen molar-refractivity contribution in [3.8, 4) is 17.2 Å². The number of nitriles is 1. The van der Waals surface area contributed by atoms with Gasteiger partial charge in [0.1, 0.15) is 0 Å². The second-order valence-corrected chi connectivity index (χ2v) is 4.33. The Balaban J connectivity index is 2.57. The molecule has 0 atom stereocenters. The lowest BCUT2D eigenvalue weighted by atomic mass is 9.96. The van der Waals surface area contributed by atoms with E-state index in [0.29, 0.717) is 11.3 Å². The molecule has 2 nitrogen and oxygen atoms in total. The fourth-order valence-electron chi connectivity index (χ4n) is 1.96. The lowest BCUT2D eigenvalue weighted by molar-refractivity contribution is 1.42. The third-order valence-electron chi connectivity index (χ3n) is 3.06. The number of nitrogens with zero attached hydrogens (tertiary/aromatic N) is 2. The summed E-state index contributed by atoms with van der Waals surface area (Å²) in [5.41, 5.74) is 5.50. The van der Waals surface area contributed by atoms with Crippen LogP contribution < -0.4 is 0 Å². The first-order valence-corrected chi connectivity index (χ1v) is 5.93. The monoisotopic (exact) mass is 246 g/mol. The van der Waals surface area contributed by atoms with Crippen LogP contribution in [0.4, 0.5) is 0 Å². The number of rotatable bonds is 3. The summed E-state index contributed by atoms with van der Waals surface area (Å²) in [7, 11) is 0. The highest BCUT2D eigenvalue weighted by molar-refractivity contribution is 5.75. The Bertz CT molecular complexity index is 691. The lowest BCUT2D eigenvalue weighted by Gasteiger charge is -2.09. The molecule has 0 saturated heterocycles. The summed E-state index contributed by atoms with van der Waals surface area (Å²) in [6.45, 7) is 9.40. The van der Waals surface area contributed by atoms with Gasteiger partial charge in [0.25, 0.3) is 0 Å². The molecule has 0 N–H and O–H groups in total. The second-order valence-electron chi connectivity index (χ2n) is 4.33. The number of hydrogen-bond donors (Lipinski definition) is 0. The van der Waals surface area contributed by atoms with E-state index in [2.05, 4.69) is 24.4 Å². The SMILES string of the molecule is C=NC(=C)c1ccc(C)c(-c2cccc(C#N)c2)c1. The lowest BCUT2D eigenvalue weighted by Crippen LogP contribution is -1.88. The van der Waals surface area contributed by atoms with Crippen molar-refractivity contribution in [1.29, 1.82) is 5.26 Å². The van der Waals surface area contributed by atoms with Crippen molar-refractivity contribution in [3.05, 3.63) is 65.7 Å². The Hall–Kier alpha value is -2.66. The van der Waals surface area contributed by atoms with Crippen molar-refractivity contribution in [2.45, 2.75) is 6.92 Å². The molecule has 2 heteroatoms. The molecular weight excluding hydrogens is 232 g/mol. The van der Waals surface area contributed by atoms with Gasteiger partial charge in [0, 0.05) is 5.56 Å². The van der Waals surface area contributed by atoms with E-state index in [1.54, 1.807) is 6.07 Å². The van der Waals surface area contributed by atoms with Crippen LogP contribution >= 0.6 is 0 Å². The highest BCUT2D eigenvalue weighted by atomic mass is 14.7. The van der Waals surface area contributed by atoms with Crippen LogP contribution in [0.5, 0.6) is 0 Å². The van der Waals surface area contributed by atoms with Gasteiger partial charge in [-0.2, -0.15) is 5.26 Å². The summed E-state index contributed by atoms with van der Waals surface area (Å²) < 4.78 is 0. The molecule has 0 heterocycles. The van der Waals surface area contributed by atoms with Crippen LogP contribution in [-0.2, 0) is 0 Å². The fraction of sp³-hybridized carbons (Fsp3) is 0.0588. The topological polar surface area (TPSA) is 36.1 Å². The smallest absolute Gasteiger partial charge is 0.0991 e. The summed E-state index contributed by atoms with van der Waals surface area (Å²) >= 11 is 0. The molecule has 0 radical (unpaired) electrons. The number of benzene rings is 2. The van der Waals surface area contributed by atoms with Gasteiger partial charge in [0.15, 0.2) is 0 Å². The van der Waals surface area contributed by atoms with Crippen LogP contribution in [0.15, 0.2) is 54.0 Å². The maximum Gasteiger partial charge on any atom is 0.0991 e. The quantitative estimate of drug-likeness (QED) is 0.747. The molecule has 92 valence electrons. The molecule has 2 aromatic rings. The van der Waals surface area contributed by atoms with Crippen molar-refractivity contribution in [2.24, 2.45) is 4.99 Å². The van der Waals surface area contributed by atoms with Gasteiger partial charge in [-0.25, -0.2) is 0 Å². The minimum Gasteiger partial charge on any atom is -0.265 e. The molecule has 2 aromatic carbocycles. The normalized spacial score (nSPS) is 9.68. The third-order valence-corrected chi connectivity index (χ3v) is 3.06. The average Bonchev–Trinajstić information content (AvgIpc) is 2.47. The highest BCUT2D eigenvalue weighted by Gasteiger charge is 2.05. The van der Waals surface area contributed by atoms with E-state index < -0.39 is 0 Å². The van der Waals surface area contributed by atoms with Gasteiger partial charge in [-0.1, -0.05) is 30.8 Å². The van der Waals surface area contributed by atoms with Gasteiger partial charge in [-0.3, -0.25) is 4.99 Å². The molecule has 0 spiro atoms. The van der Waals surface area contributed by atoms with Crippen LogP contribution in [0, 0.1) is 18.3 Å². The zero-order valence-corrected chi connectivity index (χ0v) is 10.9. The van der Waals surface area contributed by atoms with Crippen molar-refractivity contribution in [1.82, 2.24) is 0 Å². The molecule has 0 fully saturated rings. The number of aliphatic imine (C=N–C) groups is 1. The summed E-state index contributed by atoms with van der Waals surface area (Å²) in [6, 6.07) is 15.8. The Kier molecular flexibility index (Phi) is 3.58. The van der Waals surface area contributed by atoms with E-state index in [9.17, 15) is 0 Å². The van der Waals surface area contributed by atoms with Crippen molar-refractivity contribution >= 4 is 12.4 Å². The Morgan fingerprint density at radius 1 is 1.21 bits per heavy atom. The van der Waals surface area contributed by atoms with E-state index in [1.165, 1.54) is 0 Å². The maximum atomic E-state index is 8.97. The van der Waals surface area contributed by atoms with E-state index in [0.717, 1.165) is 22.3 Å². The van der Waals surface area contributed by atoms with Crippen molar-refractivity contribution < 1.29 is 0 Å². The fourth-order valence-corrected chi connectivity index (χ4v) is 1.96. The summed E-state index contributed by atoms with van der Waals surface area (Å²) in [6.07, 6.45) is 0. The molecule has 0 aliphatic heterocycles. The van der Waals surface area contributed by atoms with Gasteiger partial charge in [0.2, 0.25) is 0 Å². The molecule has 0 aliphatic carbocycles. The van der Waals surface area contributed by atoms with Gasteiger partial charge in [0.05, 0.1) is 17.3 Å². The largest absolute Gasteiger partial charge is 0.265 e. The van der Waals surface area contributed by atoms with E-state index in [4.69, 9.17) is 5.26 Å². The van der Waals surface area contributed by atoms with Gasteiger partial charge in [-0.15, -0.1) is 0 Å². The molecule has 0 aliphatic rings. The molecule has 19 heavy (non-hydrogen) atoms. The molecule has 0 aromatic heterocycles. The van der Waals surface area contributed by atoms with Crippen LogP contribution in [0.2, 0.25) is 0 Å². The first kappa shape index (κ1) is 12.8. The minimum absolute atomic E-state index is 0.651. The Labute approximate surface area is 113 Å². The van der Waals surface area contributed by atoms with Gasteiger partial charge < -0.3 is 0 Å². The van der Waals surface area contributed by atoms with Crippen LogP contribution in [0.25, 0.3) is 16.8 Å². The maximum absolute atomic E-state index is 8.97. The molecule has 0 amide bonds. The predicted octanol–water partition coefficient (Wildman–Crippen LogP) is 4.21. The van der Waals surface area contributed by atoms with Crippen LogP contribution in [-0.4, -0.2) is 6.72 Å². The third kappa shape index (κ3) is 2.61. The molecule has 0 unspecified atom stereocenters. The first-order chi connectivity index (χ1) is 9.15. The molecule has 0 bridgehead atoms. The summed E-state index contributed by atoms with van der Waals surface area (Å²) in [5, 5.41) is 8.97. The summed E-state index contributed by atoms with van der Waals surface area (Å²) in [4.78, 5) is 3.86. The Morgan fingerprint density at radius 2 is 2.00 bits per heavy atom. The molecule has 0 saturated carbocycles. The van der Waals surface area contributed by atoms with E-state index in [-0.39, 0.29) is 0 Å². The van der Waals surface area contributed by atoms with Crippen LogP contribution in [0.3, 0.4) is 0 Å². The zero-order chi connectivity index (χ0) is 13.8. The number of hydrogen-bond acceptors (Lipinski definition) is 2. The predicted molar refractivity (Wildman–Crippen MR) is 79.9 cm³/mol. The van der Waals surface area contributed by atoms with Crippen LogP contribution in [0.1, 0.15) is 16.7 Å². The number of aryl methyl sites for hydroxylation is 1. The van der Waals surface area contributed by atoms with Gasteiger partial charge in [-0.05, 0) is 48.5 Å². The summed E-state index contributed by atoms with van der Waals surface area (Å²) in [5.74, 6) is 0. The highest BCUT2D eigenvalue weighted by Crippen LogP contribution is 2.27. The minimum atomic E-state index is 0.651. The molecule has 2 rings (SSSR count). The van der Waals surface area contributed by atoms with Gasteiger partial charge >= 0.3 is 0 Å². The first-order valence-electron chi connectivity index (χ1n) is 5.93. The van der Waals surface area contributed by atoms with Crippen molar-refractivity contribution in [2.75, 3.05) is 0 Å². The second kappa shape index (κ2) is 5.32. The van der Waals surface area contributed by atoms with E-state index in [1.807, 2.05) is 43.3 Å². The molecular formula is C17H14N2. The van der Waals surface area contributed by atoms with Crippen molar-refractivity contribution in [3.63, 3.8) is 0 Å².